The van der Waals surface area contributed by atoms with Crippen molar-refractivity contribution in [3.8, 4) is 0 Å². The van der Waals surface area contributed by atoms with Crippen molar-refractivity contribution < 1.29 is 9.47 Å². The van der Waals surface area contributed by atoms with E-state index in [0.717, 1.165) is 48.9 Å². The Kier molecular flexibility index (Phi) is 6.80. The molecule has 0 saturated heterocycles. The molecule has 4 aliphatic carbocycles. The van der Waals surface area contributed by atoms with Crippen LogP contribution in [0.15, 0.2) is 23.8 Å². The average molecular weight is 431 g/mol. The largest absolute Gasteiger partial charge is 0.191 e. The van der Waals surface area contributed by atoms with Crippen LogP contribution in [0, 0.1) is 52.3 Å². The van der Waals surface area contributed by atoms with E-state index in [2.05, 4.69) is 64.7 Å². The van der Waals surface area contributed by atoms with Crippen LogP contribution in [0.5, 0.6) is 0 Å². The van der Waals surface area contributed by atoms with Crippen LogP contribution in [0.1, 0.15) is 99.3 Å². The van der Waals surface area contributed by atoms with Gasteiger partial charge in [-0.15, -0.1) is 0 Å². The monoisotopic (exact) mass is 430 g/mol. The van der Waals surface area contributed by atoms with Gasteiger partial charge in [0.15, 0.2) is 0 Å². The molecule has 0 bridgehead atoms. The molecule has 0 aliphatic heterocycles. The zero-order valence-electron chi connectivity index (χ0n) is 21.0. The predicted octanol–water partition coefficient (Wildman–Crippen LogP) is 8.71. The number of fused-ring (bicyclic) bond motifs is 5. The van der Waals surface area contributed by atoms with Gasteiger partial charge in [-0.1, -0.05) is 65.3 Å². The van der Waals surface area contributed by atoms with Crippen LogP contribution in [-0.4, -0.2) is 6.10 Å². The van der Waals surface area contributed by atoms with Gasteiger partial charge >= 0.3 is 0 Å². The Balaban J connectivity index is 1.51. The maximum Gasteiger partial charge on any atom is 0.102 e. The zero-order valence-corrected chi connectivity index (χ0v) is 21.0. The molecule has 4 rings (SSSR count). The standard InChI is InChI=1S/C29H47FO/c1-7-21(19(2)3)9-8-20(4)25-12-13-26-24-11-10-22-18-23(31-30)14-16-28(22,5)27(24)15-17-29(25,26)6/h8-10,19-21,23-27H,7,11-18H2,1-6H3/b9-8+/t20-,21+,23+,24+,25-,26+,27+,28+,29-/m1/s1. The summed E-state index contributed by atoms with van der Waals surface area (Å²) in [5.41, 5.74) is 2.29. The van der Waals surface area contributed by atoms with E-state index in [4.69, 9.17) is 0 Å². The average Bonchev–Trinajstić information content (AvgIpc) is 3.10. The predicted molar refractivity (Wildman–Crippen MR) is 128 cm³/mol. The fraction of sp³-hybridized carbons (Fsp3) is 0.862. The lowest BCUT2D eigenvalue weighted by Gasteiger charge is -2.58. The van der Waals surface area contributed by atoms with Gasteiger partial charge in [-0.2, -0.15) is 4.94 Å². The molecule has 176 valence electrons. The third-order valence-electron chi connectivity index (χ3n) is 10.9. The van der Waals surface area contributed by atoms with E-state index >= 15 is 0 Å². The molecule has 0 N–H and O–H groups in total. The first-order chi connectivity index (χ1) is 14.7. The third kappa shape index (κ3) is 3.98. The normalized spacial score (nSPS) is 44.5. The summed E-state index contributed by atoms with van der Waals surface area (Å²) in [7, 11) is 0. The second kappa shape index (κ2) is 8.96. The number of rotatable bonds is 6. The van der Waals surface area contributed by atoms with Crippen LogP contribution in [0.3, 0.4) is 0 Å². The Morgan fingerprint density at radius 2 is 1.84 bits per heavy atom. The topological polar surface area (TPSA) is 9.23 Å². The fourth-order valence-corrected chi connectivity index (χ4v) is 8.89. The summed E-state index contributed by atoms with van der Waals surface area (Å²) >= 11 is 0. The number of halogens is 1. The summed E-state index contributed by atoms with van der Waals surface area (Å²) in [4.78, 5) is 4.26. The van der Waals surface area contributed by atoms with E-state index in [1.54, 1.807) is 0 Å². The molecule has 0 amide bonds. The molecular weight excluding hydrogens is 383 g/mol. The van der Waals surface area contributed by atoms with Gasteiger partial charge in [0.05, 0.1) is 0 Å². The lowest BCUT2D eigenvalue weighted by atomic mass is 9.47. The highest BCUT2D eigenvalue weighted by molar-refractivity contribution is 5.25. The maximum atomic E-state index is 12.9. The second-order valence-electron chi connectivity index (χ2n) is 12.5. The lowest BCUT2D eigenvalue weighted by Crippen LogP contribution is -2.50. The van der Waals surface area contributed by atoms with Crippen LogP contribution >= 0.6 is 0 Å². The van der Waals surface area contributed by atoms with Crippen LogP contribution in [0.25, 0.3) is 0 Å². The Morgan fingerprint density at radius 3 is 2.52 bits per heavy atom. The Hall–Kier alpha value is -0.630. The van der Waals surface area contributed by atoms with E-state index in [1.807, 2.05) is 0 Å². The Labute approximate surface area is 191 Å². The van der Waals surface area contributed by atoms with Crippen molar-refractivity contribution in [2.75, 3.05) is 0 Å². The van der Waals surface area contributed by atoms with E-state index in [-0.39, 0.29) is 11.5 Å². The summed E-state index contributed by atoms with van der Waals surface area (Å²) in [6.45, 7) is 14.7. The van der Waals surface area contributed by atoms with Gasteiger partial charge < -0.3 is 0 Å². The molecule has 9 atom stereocenters. The van der Waals surface area contributed by atoms with Crippen LogP contribution in [-0.2, 0) is 4.94 Å². The first-order valence-corrected chi connectivity index (χ1v) is 13.4. The molecule has 0 aromatic carbocycles. The van der Waals surface area contributed by atoms with Crippen molar-refractivity contribution in [1.82, 2.24) is 0 Å². The van der Waals surface area contributed by atoms with E-state index in [9.17, 15) is 4.53 Å². The first-order valence-electron chi connectivity index (χ1n) is 13.4. The second-order valence-corrected chi connectivity index (χ2v) is 12.5. The summed E-state index contributed by atoms with van der Waals surface area (Å²) in [6.07, 6.45) is 18.3. The highest BCUT2D eigenvalue weighted by Gasteiger charge is 2.59. The molecule has 0 spiro atoms. The zero-order chi connectivity index (χ0) is 22.4. The van der Waals surface area contributed by atoms with Crippen molar-refractivity contribution in [1.29, 1.82) is 0 Å². The minimum Gasteiger partial charge on any atom is -0.191 e. The molecule has 4 aliphatic rings. The highest BCUT2D eigenvalue weighted by atomic mass is 19.3. The molecule has 31 heavy (non-hydrogen) atoms. The third-order valence-corrected chi connectivity index (χ3v) is 10.9. The van der Waals surface area contributed by atoms with Crippen molar-refractivity contribution in [2.45, 2.75) is 105 Å². The molecule has 0 heterocycles. The van der Waals surface area contributed by atoms with Gasteiger partial charge in [-0.05, 0) is 115 Å². The van der Waals surface area contributed by atoms with Gasteiger partial charge in [0.25, 0.3) is 0 Å². The van der Waals surface area contributed by atoms with Crippen molar-refractivity contribution >= 4 is 0 Å². The van der Waals surface area contributed by atoms with Gasteiger partial charge in [0, 0.05) is 0 Å². The van der Waals surface area contributed by atoms with Gasteiger partial charge in [-0.3, -0.25) is 0 Å². The van der Waals surface area contributed by atoms with Crippen molar-refractivity contribution in [3.05, 3.63) is 23.8 Å². The molecule has 0 unspecified atom stereocenters. The summed E-state index contributed by atoms with van der Waals surface area (Å²) in [5.74, 6) is 5.45. The molecule has 0 aromatic rings. The van der Waals surface area contributed by atoms with Gasteiger partial charge in [-0.25, -0.2) is 0 Å². The summed E-state index contributed by atoms with van der Waals surface area (Å²) in [5, 5.41) is 0. The molecular formula is C29H47FO. The van der Waals surface area contributed by atoms with E-state index < -0.39 is 0 Å². The van der Waals surface area contributed by atoms with E-state index in [0.29, 0.717) is 17.3 Å². The fourth-order valence-electron chi connectivity index (χ4n) is 8.89. The summed E-state index contributed by atoms with van der Waals surface area (Å²) in [6, 6.07) is 0. The molecule has 2 heteroatoms. The molecule has 1 nitrogen and oxygen atoms in total. The highest BCUT2D eigenvalue weighted by Crippen LogP contribution is 2.67. The minimum atomic E-state index is -0.203. The van der Waals surface area contributed by atoms with Crippen molar-refractivity contribution in [3.63, 3.8) is 0 Å². The maximum absolute atomic E-state index is 12.9. The molecule has 0 aromatic heterocycles. The number of hydrogen-bond donors (Lipinski definition) is 0. The molecule has 3 fully saturated rings. The van der Waals surface area contributed by atoms with Crippen LogP contribution in [0.2, 0.25) is 0 Å². The Bertz CT molecular complexity index is 695. The van der Waals surface area contributed by atoms with Crippen molar-refractivity contribution in [2.24, 2.45) is 52.3 Å². The smallest absolute Gasteiger partial charge is 0.102 e. The SMILES string of the molecule is CC[C@@H](/C=C/[C@@H](C)[C@H]1CC[C@H]2[C@@H]3CC=C4C[C@@H](OF)CC[C@]4(C)[C@H]3CC[C@]12C)C(C)C. The quantitative estimate of drug-likeness (QED) is 0.383. The minimum absolute atomic E-state index is 0.203. The molecule has 3 saturated carbocycles. The van der Waals surface area contributed by atoms with Gasteiger partial charge in [0.1, 0.15) is 6.10 Å². The van der Waals surface area contributed by atoms with Crippen LogP contribution in [0.4, 0.5) is 4.53 Å². The molecule has 0 radical (unpaired) electrons. The lowest BCUT2D eigenvalue weighted by molar-refractivity contribution is -0.190. The number of hydrogen-bond acceptors (Lipinski definition) is 1. The van der Waals surface area contributed by atoms with Gasteiger partial charge in [0.2, 0.25) is 0 Å². The Morgan fingerprint density at radius 1 is 1.06 bits per heavy atom. The van der Waals surface area contributed by atoms with Crippen LogP contribution < -0.4 is 0 Å². The van der Waals surface area contributed by atoms with E-state index in [1.165, 1.54) is 44.1 Å². The first kappa shape index (κ1) is 23.5. The number of allylic oxidation sites excluding steroid dienone is 3. The summed E-state index contributed by atoms with van der Waals surface area (Å²) < 4.78 is 12.9.